The Hall–Kier alpha value is -3.49. The molecule has 0 unspecified atom stereocenters. The summed E-state index contributed by atoms with van der Waals surface area (Å²) in [6.07, 6.45) is 1.68. The van der Waals surface area contributed by atoms with Gasteiger partial charge in [0.1, 0.15) is 22.5 Å². The maximum absolute atomic E-state index is 13.1. The molecule has 0 aliphatic heterocycles. The molecule has 4 aromatic rings. The molecule has 0 aliphatic carbocycles. The molecule has 130 valence electrons. The molecule has 0 fully saturated rings. The van der Waals surface area contributed by atoms with Gasteiger partial charge in [-0.15, -0.1) is 11.3 Å². The summed E-state index contributed by atoms with van der Waals surface area (Å²) in [7, 11) is 0. The predicted molar refractivity (Wildman–Crippen MR) is 109 cm³/mol. The van der Waals surface area contributed by atoms with E-state index in [0.29, 0.717) is 10.6 Å². The van der Waals surface area contributed by atoms with E-state index in [-0.39, 0.29) is 5.82 Å². The molecule has 1 aromatic heterocycles. The summed E-state index contributed by atoms with van der Waals surface area (Å²) >= 11 is 1.38. The molecule has 0 atom stereocenters. The lowest BCUT2D eigenvalue weighted by Crippen LogP contribution is -1.92. The highest BCUT2D eigenvalue weighted by Gasteiger charge is 2.09. The van der Waals surface area contributed by atoms with E-state index in [1.165, 1.54) is 23.5 Å². The first-order chi connectivity index (χ1) is 13.2. The first-order valence-corrected chi connectivity index (χ1v) is 9.19. The van der Waals surface area contributed by atoms with Crippen molar-refractivity contribution < 1.29 is 4.39 Å². The van der Waals surface area contributed by atoms with Gasteiger partial charge in [-0.25, -0.2) is 9.37 Å². The Morgan fingerprint density at radius 3 is 2.63 bits per heavy atom. The van der Waals surface area contributed by atoms with Crippen LogP contribution in [0.25, 0.3) is 27.6 Å². The number of hydrogen-bond donors (Lipinski definition) is 1. The van der Waals surface area contributed by atoms with Crippen LogP contribution in [0, 0.1) is 17.1 Å². The van der Waals surface area contributed by atoms with Crippen LogP contribution in [0.2, 0.25) is 0 Å². The summed E-state index contributed by atoms with van der Waals surface area (Å²) in [5, 5.41) is 17.5. The Labute approximate surface area is 160 Å². The van der Waals surface area contributed by atoms with E-state index in [9.17, 15) is 9.65 Å². The van der Waals surface area contributed by atoms with Crippen LogP contribution in [0.3, 0.4) is 0 Å². The van der Waals surface area contributed by atoms with Gasteiger partial charge in [-0.1, -0.05) is 36.4 Å². The number of aromatic nitrogens is 1. The molecule has 0 spiro atoms. The van der Waals surface area contributed by atoms with Gasteiger partial charge >= 0.3 is 0 Å². The molecular weight excluding hydrogens is 357 g/mol. The minimum atomic E-state index is -0.286. The zero-order valence-electron chi connectivity index (χ0n) is 14.2. The fraction of sp³-hybridized carbons (Fsp3) is 0. The van der Waals surface area contributed by atoms with Crippen molar-refractivity contribution in [3.05, 3.63) is 89.1 Å². The molecule has 0 saturated heterocycles. The minimum absolute atomic E-state index is 0.286. The standard InChI is InChI=1S/C22H14FN3S/c23-18-10-8-16(9-11-18)21-14-27-22(26-21)17(12-24)13-25-20-7-3-5-15-4-1-2-6-19(15)20/h1-11,13-14,25H/b17-13+. The molecular formula is C22H14FN3S. The molecule has 4 rings (SSSR count). The fourth-order valence-corrected chi connectivity index (χ4v) is 3.59. The average molecular weight is 371 g/mol. The van der Waals surface area contributed by atoms with Gasteiger partial charge in [0.15, 0.2) is 0 Å². The number of rotatable bonds is 4. The summed E-state index contributed by atoms with van der Waals surface area (Å²) in [6, 6.07) is 22.4. The number of nitrogens with zero attached hydrogens (tertiary/aromatic N) is 2. The van der Waals surface area contributed by atoms with Crippen molar-refractivity contribution in [2.75, 3.05) is 5.32 Å². The van der Waals surface area contributed by atoms with Crippen molar-refractivity contribution in [2.24, 2.45) is 0 Å². The van der Waals surface area contributed by atoms with Crippen LogP contribution < -0.4 is 5.32 Å². The zero-order valence-corrected chi connectivity index (χ0v) is 15.0. The van der Waals surface area contributed by atoms with Gasteiger partial charge in [0.25, 0.3) is 0 Å². The van der Waals surface area contributed by atoms with Crippen molar-refractivity contribution >= 4 is 33.4 Å². The Balaban J connectivity index is 1.62. The van der Waals surface area contributed by atoms with Crippen LogP contribution in [0.1, 0.15) is 5.01 Å². The third-order valence-electron chi connectivity index (χ3n) is 4.16. The second-order valence-electron chi connectivity index (χ2n) is 5.89. The maximum atomic E-state index is 13.1. The van der Waals surface area contributed by atoms with Gasteiger partial charge in [-0.3, -0.25) is 0 Å². The first-order valence-electron chi connectivity index (χ1n) is 8.31. The quantitative estimate of drug-likeness (QED) is 0.442. The van der Waals surface area contributed by atoms with Crippen molar-refractivity contribution in [1.29, 1.82) is 5.26 Å². The third kappa shape index (κ3) is 3.57. The zero-order chi connectivity index (χ0) is 18.6. The summed E-state index contributed by atoms with van der Waals surface area (Å²) in [4.78, 5) is 4.52. The molecule has 0 radical (unpaired) electrons. The number of anilines is 1. The molecule has 5 heteroatoms. The van der Waals surface area contributed by atoms with Crippen molar-refractivity contribution in [3.8, 4) is 17.3 Å². The Kier molecular flexibility index (Phi) is 4.65. The van der Waals surface area contributed by atoms with Gasteiger partial charge in [0.05, 0.1) is 5.69 Å². The Bertz CT molecular complexity index is 1160. The van der Waals surface area contributed by atoms with E-state index < -0.39 is 0 Å². The number of nitriles is 1. The van der Waals surface area contributed by atoms with Crippen LogP contribution in [0.5, 0.6) is 0 Å². The predicted octanol–water partition coefficient (Wildman–Crippen LogP) is 6.08. The van der Waals surface area contributed by atoms with Gasteiger partial charge in [0.2, 0.25) is 0 Å². The van der Waals surface area contributed by atoms with Crippen LogP contribution in [0.4, 0.5) is 10.1 Å². The van der Waals surface area contributed by atoms with Gasteiger partial charge in [0, 0.05) is 28.2 Å². The topological polar surface area (TPSA) is 48.7 Å². The molecule has 1 N–H and O–H groups in total. The van der Waals surface area contributed by atoms with E-state index in [2.05, 4.69) is 16.4 Å². The van der Waals surface area contributed by atoms with Crippen LogP contribution in [-0.4, -0.2) is 4.98 Å². The maximum Gasteiger partial charge on any atom is 0.136 e. The molecule has 0 aliphatic rings. The molecule has 1 heterocycles. The highest BCUT2D eigenvalue weighted by Crippen LogP contribution is 2.27. The highest BCUT2D eigenvalue weighted by atomic mass is 32.1. The monoisotopic (exact) mass is 371 g/mol. The Morgan fingerprint density at radius 2 is 1.81 bits per heavy atom. The molecule has 3 aromatic carbocycles. The summed E-state index contributed by atoms with van der Waals surface area (Å²) in [5.74, 6) is -0.286. The second-order valence-corrected chi connectivity index (χ2v) is 6.74. The fourth-order valence-electron chi connectivity index (χ4n) is 2.79. The number of hydrogen-bond acceptors (Lipinski definition) is 4. The van der Waals surface area contributed by atoms with Crippen LogP contribution >= 0.6 is 11.3 Å². The largest absolute Gasteiger partial charge is 0.360 e. The number of allylic oxidation sites excluding steroid dienone is 1. The van der Waals surface area contributed by atoms with Crippen LogP contribution in [0.15, 0.2) is 78.3 Å². The van der Waals surface area contributed by atoms with Gasteiger partial charge in [-0.05, 0) is 35.7 Å². The van der Waals surface area contributed by atoms with Crippen molar-refractivity contribution in [2.45, 2.75) is 0 Å². The Morgan fingerprint density at radius 1 is 1.04 bits per heavy atom. The number of nitrogens with one attached hydrogen (secondary N) is 1. The van der Waals surface area contributed by atoms with E-state index in [1.54, 1.807) is 18.3 Å². The van der Waals surface area contributed by atoms with E-state index >= 15 is 0 Å². The number of thiazole rings is 1. The number of benzene rings is 3. The normalized spacial score (nSPS) is 11.3. The SMILES string of the molecule is N#C/C(=C\Nc1cccc2ccccc12)c1nc(-c2ccc(F)cc2)cs1. The molecule has 27 heavy (non-hydrogen) atoms. The summed E-state index contributed by atoms with van der Waals surface area (Å²) in [6.45, 7) is 0. The lowest BCUT2D eigenvalue weighted by Gasteiger charge is -2.06. The lowest BCUT2D eigenvalue weighted by atomic mass is 10.1. The molecule has 0 amide bonds. The van der Waals surface area contributed by atoms with E-state index in [1.807, 2.05) is 47.8 Å². The molecule has 3 nitrogen and oxygen atoms in total. The van der Waals surface area contributed by atoms with Gasteiger partial charge < -0.3 is 5.32 Å². The first kappa shape index (κ1) is 17.0. The van der Waals surface area contributed by atoms with E-state index in [4.69, 9.17) is 0 Å². The second kappa shape index (κ2) is 7.40. The van der Waals surface area contributed by atoms with Crippen molar-refractivity contribution in [3.63, 3.8) is 0 Å². The smallest absolute Gasteiger partial charge is 0.136 e. The van der Waals surface area contributed by atoms with Crippen LogP contribution in [-0.2, 0) is 0 Å². The molecule has 0 saturated carbocycles. The lowest BCUT2D eigenvalue weighted by molar-refractivity contribution is 0.628. The third-order valence-corrected chi connectivity index (χ3v) is 5.03. The van der Waals surface area contributed by atoms with E-state index in [0.717, 1.165) is 27.7 Å². The van der Waals surface area contributed by atoms with Crippen molar-refractivity contribution in [1.82, 2.24) is 4.98 Å². The number of halogens is 1. The molecule has 0 bridgehead atoms. The summed E-state index contributed by atoms with van der Waals surface area (Å²) in [5.41, 5.74) is 2.91. The summed E-state index contributed by atoms with van der Waals surface area (Å²) < 4.78 is 13.1. The minimum Gasteiger partial charge on any atom is -0.360 e. The average Bonchev–Trinajstić information content (AvgIpc) is 3.19. The van der Waals surface area contributed by atoms with Gasteiger partial charge in [-0.2, -0.15) is 5.26 Å². The number of fused-ring (bicyclic) bond motifs is 1. The highest BCUT2D eigenvalue weighted by molar-refractivity contribution is 7.11.